The number of rotatable bonds is 0. The van der Waals surface area contributed by atoms with E-state index in [1.807, 2.05) is 12.1 Å². The van der Waals surface area contributed by atoms with Crippen molar-refractivity contribution in [2.75, 3.05) is 0 Å². The van der Waals surface area contributed by atoms with E-state index in [2.05, 4.69) is 57.8 Å². The van der Waals surface area contributed by atoms with E-state index in [9.17, 15) is 0 Å². The Hall–Kier alpha value is -0.0000000000000000555. The lowest BCUT2D eigenvalue weighted by molar-refractivity contribution is 1.28. The monoisotopic (exact) mass is 364 g/mol. The number of pyridine rings is 2. The second kappa shape index (κ2) is 3.63. The Balaban J connectivity index is 2.89. The van der Waals surface area contributed by atoms with Gasteiger partial charge in [-0.3, -0.25) is 4.98 Å². The van der Waals surface area contributed by atoms with E-state index in [0.29, 0.717) is 0 Å². The van der Waals surface area contributed by atoms with Crippen LogP contribution in [-0.4, -0.2) is 9.97 Å². The zero-order valence-corrected chi connectivity index (χ0v) is 11.0. The van der Waals surface area contributed by atoms with E-state index in [1.54, 1.807) is 6.20 Å². The highest BCUT2D eigenvalue weighted by atomic mass is 79.9. The van der Waals surface area contributed by atoms with Gasteiger partial charge in [0.2, 0.25) is 0 Å². The molecule has 0 N–H and O–H groups in total. The van der Waals surface area contributed by atoms with Gasteiger partial charge < -0.3 is 0 Å². The summed E-state index contributed by atoms with van der Waals surface area (Å²) in [6, 6.07) is 3.79. The Bertz CT molecular complexity index is 465. The molecule has 2 heterocycles. The molecule has 2 nitrogen and oxygen atoms in total. The van der Waals surface area contributed by atoms with Gasteiger partial charge in [0, 0.05) is 6.20 Å². The molecule has 0 radical (unpaired) electrons. The van der Waals surface area contributed by atoms with Gasteiger partial charge >= 0.3 is 0 Å². The smallest absolute Gasteiger partial charge is 0.107 e. The van der Waals surface area contributed by atoms with E-state index in [-0.39, 0.29) is 0 Å². The number of hydrogen-bond donors (Lipinski definition) is 0. The Labute approximate surface area is 100 Å². The molecule has 13 heavy (non-hydrogen) atoms. The molecule has 0 aliphatic carbocycles. The van der Waals surface area contributed by atoms with Gasteiger partial charge in [0.05, 0.1) is 14.5 Å². The number of nitrogens with zero attached hydrogens (tertiary/aromatic N) is 2. The van der Waals surface area contributed by atoms with Crippen LogP contribution in [0.1, 0.15) is 0 Å². The van der Waals surface area contributed by atoms with Crippen LogP contribution in [0.4, 0.5) is 0 Å². The molecule has 0 unspecified atom stereocenters. The minimum absolute atomic E-state index is 0.806. The maximum Gasteiger partial charge on any atom is 0.107 e. The molecule has 5 heteroatoms. The van der Waals surface area contributed by atoms with Crippen molar-refractivity contribution in [3.8, 4) is 0 Å². The topological polar surface area (TPSA) is 25.8 Å². The van der Waals surface area contributed by atoms with Gasteiger partial charge in [0.1, 0.15) is 10.1 Å². The second-order valence-corrected chi connectivity index (χ2v) is 4.88. The predicted octanol–water partition coefficient (Wildman–Crippen LogP) is 3.92. The largest absolute Gasteiger partial charge is 0.253 e. The minimum atomic E-state index is 0.806. The predicted molar refractivity (Wildman–Crippen MR) is 62.6 cm³/mol. The van der Waals surface area contributed by atoms with E-state index in [0.717, 1.165) is 24.6 Å². The van der Waals surface area contributed by atoms with Crippen molar-refractivity contribution in [2.45, 2.75) is 0 Å². The van der Waals surface area contributed by atoms with Gasteiger partial charge in [-0.1, -0.05) is 0 Å². The van der Waals surface area contributed by atoms with Crippen LogP contribution in [0.2, 0.25) is 0 Å². The molecule has 0 aliphatic heterocycles. The van der Waals surface area contributed by atoms with Gasteiger partial charge in [-0.25, -0.2) is 4.98 Å². The molecule has 0 fully saturated rings. The van der Waals surface area contributed by atoms with Crippen LogP contribution < -0.4 is 0 Å². The zero-order valence-electron chi connectivity index (χ0n) is 6.26. The number of hydrogen-bond acceptors (Lipinski definition) is 2. The van der Waals surface area contributed by atoms with Crippen LogP contribution in [0.15, 0.2) is 31.9 Å². The van der Waals surface area contributed by atoms with Gasteiger partial charge in [-0.05, 0) is 59.9 Å². The third kappa shape index (κ3) is 1.78. The lowest BCUT2D eigenvalue weighted by Crippen LogP contribution is -1.85. The first-order valence-electron chi connectivity index (χ1n) is 3.45. The fourth-order valence-corrected chi connectivity index (χ4v) is 1.98. The SMILES string of the molecule is Brc1ccc2ncc(Br)c(Br)c2n1. The normalized spacial score (nSPS) is 10.7. The molecular weight excluding hydrogens is 364 g/mol. The van der Waals surface area contributed by atoms with Crippen LogP contribution in [0.25, 0.3) is 11.0 Å². The van der Waals surface area contributed by atoms with Crippen LogP contribution in [0, 0.1) is 0 Å². The van der Waals surface area contributed by atoms with Crippen molar-refractivity contribution in [1.82, 2.24) is 9.97 Å². The number of halogens is 3. The molecule has 0 bridgehead atoms. The summed E-state index contributed by atoms with van der Waals surface area (Å²) in [5.74, 6) is 0. The van der Waals surface area contributed by atoms with Gasteiger partial charge in [0.25, 0.3) is 0 Å². The maximum atomic E-state index is 4.31. The number of aromatic nitrogens is 2. The van der Waals surface area contributed by atoms with E-state index in [4.69, 9.17) is 0 Å². The van der Waals surface area contributed by atoms with E-state index < -0.39 is 0 Å². The van der Waals surface area contributed by atoms with E-state index >= 15 is 0 Å². The average Bonchev–Trinajstić information content (AvgIpc) is 2.12. The van der Waals surface area contributed by atoms with Crippen LogP contribution in [-0.2, 0) is 0 Å². The zero-order chi connectivity index (χ0) is 9.42. The highest BCUT2D eigenvalue weighted by Gasteiger charge is 2.05. The van der Waals surface area contributed by atoms with Crippen molar-refractivity contribution in [1.29, 1.82) is 0 Å². The fraction of sp³-hybridized carbons (Fsp3) is 0. The molecular formula is C8H3Br3N2. The molecule has 0 aromatic carbocycles. The van der Waals surface area contributed by atoms with Crippen molar-refractivity contribution < 1.29 is 0 Å². The highest BCUT2D eigenvalue weighted by Crippen LogP contribution is 2.29. The van der Waals surface area contributed by atoms with Crippen molar-refractivity contribution >= 4 is 58.8 Å². The third-order valence-electron chi connectivity index (χ3n) is 1.57. The summed E-state index contributed by atoms with van der Waals surface area (Å²) >= 11 is 10.1. The molecule has 2 aromatic rings. The Morgan fingerprint density at radius 2 is 1.85 bits per heavy atom. The molecule has 0 atom stereocenters. The standard InChI is InChI=1S/C8H3Br3N2/c9-4-3-12-5-1-2-6(10)13-8(5)7(4)11/h1-3H. The molecule has 2 rings (SSSR count). The lowest BCUT2D eigenvalue weighted by Gasteiger charge is -2.01. The average molecular weight is 367 g/mol. The maximum absolute atomic E-state index is 4.31. The summed E-state index contributed by atoms with van der Waals surface area (Å²) in [7, 11) is 0. The molecule has 0 saturated carbocycles. The fourth-order valence-electron chi connectivity index (χ4n) is 0.990. The molecule has 66 valence electrons. The first-order chi connectivity index (χ1) is 6.18. The lowest BCUT2D eigenvalue weighted by atomic mass is 10.3. The molecule has 0 amide bonds. The van der Waals surface area contributed by atoms with Crippen LogP contribution in [0.5, 0.6) is 0 Å². The first-order valence-corrected chi connectivity index (χ1v) is 5.82. The summed E-state index contributed by atoms with van der Waals surface area (Å²) in [5, 5.41) is 0. The summed E-state index contributed by atoms with van der Waals surface area (Å²) in [4.78, 5) is 8.54. The molecule has 2 aromatic heterocycles. The molecule has 0 spiro atoms. The van der Waals surface area contributed by atoms with Gasteiger partial charge in [0.15, 0.2) is 0 Å². The number of fused-ring (bicyclic) bond motifs is 1. The first kappa shape index (κ1) is 9.55. The van der Waals surface area contributed by atoms with E-state index in [1.165, 1.54) is 0 Å². The van der Waals surface area contributed by atoms with Gasteiger partial charge in [-0.15, -0.1) is 0 Å². The Morgan fingerprint density at radius 1 is 1.08 bits per heavy atom. The van der Waals surface area contributed by atoms with Crippen LogP contribution in [0.3, 0.4) is 0 Å². The highest BCUT2D eigenvalue weighted by molar-refractivity contribution is 9.13. The summed E-state index contributed by atoms with van der Waals surface area (Å²) < 4.78 is 2.64. The van der Waals surface area contributed by atoms with Gasteiger partial charge in [-0.2, -0.15) is 0 Å². The van der Waals surface area contributed by atoms with Crippen LogP contribution >= 0.6 is 47.8 Å². The molecule has 0 saturated heterocycles. The van der Waals surface area contributed by atoms with Crippen molar-refractivity contribution in [2.24, 2.45) is 0 Å². The minimum Gasteiger partial charge on any atom is -0.253 e. The summed E-state index contributed by atoms with van der Waals surface area (Å²) in [6.45, 7) is 0. The summed E-state index contributed by atoms with van der Waals surface area (Å²) in [5.41, 5.74) is 1.72. The third-order valence-corrected chi connectivity index (χ3v) is 3.95. The quantitative estimate of drug-likeness (QED) is 0.660. The second-order valence-electron chi connectivity index (χ2n) is 2.42. The molecule has 0 aliphatic rings. The Kier molecular flexibility index (Phi) is 2.67. The Morgan fingerprint density at radius 3 is 2.62 bits per heavy atom. The van der Waals surface area contributed by atoms with Crippen molar-refractivity contribution in [3.63, 3.8) is 0 Å². The summed E-state index contributed by atoms with van der Waals surface area (Å²) in [6.07, 6.45) is 1.75. The van der Waals surface area contributed by atoms with Crippen molar-refractivity contribution in [3.05, 3.63) is 31.9 Å².